The number of carbonyl (C=O) groups excluding carboxylic acids is 4. The molecule has 0 bridgehead atoms. The van der Waals surface area contributed by atoms with Crippen LogP contribution in [0.4, 0.5) is 9.59 Å². The van der Waals surface area contributed by atoms with Crippen molar-refractivity contribution >= 4 is 69.2 Å². The van der Waals surface area contributed by atoms with E-state index in [0.717, 1.165) is 85.0 Å². The Labute approximate surface area is 396 Å². The van der Waals surface area contributed by atoms with Crippen molar-refractivity contribution in [3.05, 3.63) is 113 Å². The zero-order valence-electron chi connectivity index (χ0n) is 37.4. The third-order valence-electron chi connectivity index (χ3n) is 9.81. The molecule has 2 fully saturated rings. The maximum Gasteiger partial charge on any atom is 0.328 e. The second-order valence-corrected chi connectivity index (χ2v) is 18.1. The Morgan fingerprint density at radius 2 is 1.58 bits per heavy atom. The number of amides is 5. The summed E-state index contributed by atoms with van der Waals surface area (Å²) in [5.74, 6) is 0.217. The number of hydrogen-bond donors (Lipinski definition) is 7. The average molecular weight is 968 g/mol. The summed E-state index contributed by atoms with van der Waals surface area (Å²) in [5, 5.41) is 14.2. The molecule has 19 nitrogen and oxygen atoms in total. The van der Waals surface area contributed by atoms with Crippen LogP contribution < -0.4 is 36.9 Å². The number of benzene rings is 2. The van der Waals surface area contributed by atoms with Gasteiger partial charge in [-0.05, 0) is 86.1 Å². The van der Waals surface area contributed by atoms with E-state index in [4.69, 9.17) is 21.6 Å². The number of rotatable bonds is 14. The molecule has 1 aliphatic carbocycles. The van der Waals surface area contributed by atoms with Crippen molar-refractivity contribution in [2.24, 2.45) is 16.5 Å². The fourth-order valence-corrected chi connectivity index (χ4v) is 7.95. The Bertz CT molecular complexity index is 2350. The fourth-order valence-electron chi connectivity index (χ4n) is 6.17. The Morgan fingerprint density at radius 3 is 2.12 bits per heavy atom. The number of halogens is 1. The number of pyridine rings is 1. The molecule has 5 amide bonds. The molecule has 0 spiro atoms. The molecular weight excluding hydrogens is 908 g/mol. The number of aromatic nitrogens is 3. The Kier molecular flexibility index (Phi) is 22.3. The average Bonchev–Trinajstić information content (AvgIpc) is 3.60. The second kappa shape index (κ2) is 27.2. The maximum absolute atomic E-state index is 12.4. The SMILES string of the molecule is CCc1ccc(CCOc2ccc(CC3SC(=O)NC3=O)cc2)nc1.CN(C)C(=N)N=C(N)N.Cc1cnc(C(=O)NCCc2ccc(S(=O)(=O)NC(=O)NC3CCCCC3)cc2)cn1.Cl. The summed E-state index contributed by atoms with van der Waals surface area (Å²) >= 11 is 1.05. The van der Waals surface area contributed by atoms with Crippen LogP contribution in [0.25, 0.3) is 0 Å². The summed E-state index contributed by atoms with van der Waals surface area (Å²) in [6.45, 7) is 4.83. The van der Waals surface area contributed by atoms with Crippen LogP contribution in [0, 0.1) is 12.3 Å². The Hall–Kier alpha value is -6.32. The smallest absolute Gasteiger partial charge is 0.328 e. The Balaban J connectivity index is 0.000000296. The Morgan fingerprint density at radius 1 is 0.909 bits per heavy atom. The van der Waals surface area contributed by atoms with Gasteiger partial charge in [-0.2, -0.15) is 4.99 Å². The van der Waals surface area contributed by atoms with Crippen LogP contribution in [0.1, 0.15) is 77.6 Å². The minimum atomic E-state index is -3.95. The number of nitrogens with zero attached hydrogens (tertiary/aromatic N) is 5. The quantitative estimate of drug-likeness (QED) is 0.0681. The number of urea groups is 1. The summed E-state index contributed by atoms with van der Waals surface area (Å²) in [4.78, 5) is 64.3. The van der Waals surface area contributed by atoms with Gasteiger partial charge in [0.05, 0.1) is 28.6 Å². The summed E-state index contributed by atoms with van der Waals surface area (Å²) in [7, 11) is -0.569. The van der Waals surface area contributed by atoms with Crippen molar-refractivity contribution in [2.75, 3.05) is 27.2 Å². The lowest BCUT2D eigenvalue weighted by molar-refractivity contribution is -0.118. The van der Waals surface area contributed by atoms with E-state index >= 15 is 0 Å². The van der Waals surface area contributed by atoms with E-state index in [1.807, 2.05) is 36.5 Å². The molecule has 1 aliphatic heterocycles. The van der Waals surface area contributed by atoms with Gasteiger partial charge in [0, 0.05) is 51.2 Å². The van der Waals surface area contributed by atoms with Crippen molar-refractivity contribution in [3.63, 3.8) is 0 Å². The van der Waals surface area contributed by atoms with E-state index in [2.05, 4.69) is 53.6 Å². The molecule has 9 N–H and O–H groups in total. The molecule has 4 aromatic rings. The number of aryl methyl sites for hydroxylation is 2. The van der Waals surface area contributed by atoms with E-state index < -0.39 is 16.1 Å². The number of carbonyl (C=O) groups is 4. The van der Waals surface area contributed by atoms with Crippen molar-refractivity contribution < 1.29 is 32.3 Å². The zero-order chi connectivity index (χ0) is 47.4. The number of imide groups is 1. The largest absolute Gasteiger partial charge is 0.493 e. The highest BCUT2D eigenvalue weighted by Crippen LogP contribution is 2.24. The number of sulfonamides is 1. The van der Waals surface area contributed by atoms with E-state index in [9.17, 15) is 27.6 Å². The van der Waals surface area contributed by atoms with Gasteiger partial charge in [-0.1, -0.05) is 68.3 Å². The van der Waals surface area contributed by atoms with Crippen LogP contribution in [0.3, 0.4) is 0 Å². The third kappa shape index (κ3) is 19.0. The first-order chi connectivity index (χ1) is 31.0. The van der Waals surface area contributed by atoms with Crippen molar-refractivity contribution in [3.8, 4) is 5.75 Å². The number of nitrogens with one attached hydrogen (secondary N) is 5. The van der Waals surface area contributed by atoms with Crippen LogP contribution in [0.2, 0.25) is 0 Å². The first kappa shape index (κ1) is 54.0. The lowest BCUT2D eigenvalue weighted by Crippen LogP contribution is -2.45. The van der Waals surface area contributed by atoms with Crippen molar-refractivity contribution in [1.82, 2.24) is 40.5 Å². The van der Waals surface area contributed by atoms with Gasteiger partial charge in [-0.3, -0.25) is 35.1 Å². The minimum Gasteiger partial charge on any atom is -0.493 e. The monoisotopic (exact) mass is 966 g/mol. The fraction of sp³-hybridized carbons (Fsp3) is 0.386. The molecule has 22 heteroatoms. The molecule has 1 saturated heterocycles. The van der Waals surface area contributed by atoms with Crippen LogP contribution in [-0.4, -0.2) is 102 Å². The van der Waals surface area contributed by atoms with Gasteiger partial charge in [-0.15, -0.1) is 12.4 Å². The lowest BCUT2D eigenvalue weighted by atomic mass is 9.96. The number of thioether (sulfide) groups is 1. The summed E-state index contributed by atoms with van der Waals surface area (Å²) < 4.78 is 32.7. The van der Waals surface area contributed by atoms with Crippen molar-refractivity contribution in [1.29, 1.82) is 5.41 Å². The van der Waals surface area contributed by atoms with Crippen LogP contribution >= 0.6 is 24.2 Å². The molecule has 2 aromatic carbocycles. The predicted molar refractivity (Wildman–Crippen MR) is 257 cm³/mol. The highest BCUT2D eigenvalue weighted by atomic mass is 35.5. The maximum atomic E-state index is 12.4. The number of hydrogen-bond acceptors (Lipinski definition) is 12. The minimum absolute atomic E-state index is 0. The first-order valence-corrected chi connectivity index (χ1v) is 23.4. The predicted octanol–water partition coefficient (Wildman–Crippen LogP) is 4.42. The highest BCUT2D eigenvalue weighted by Gasteiger charge is 2.31. The van der Waals surface area contributed by atoms with Gasteiger partial charge < -0.3 is 31.7 Å². The molecule has 0 radical (unpaired) electrons. The molecule has 2 aromatic heterocycles. The molecule has 356 valence electrons. The standard InChI is InChI=1S/C21H27N5O4S.C19H20N2O3S.C4H11N5.ClH/c1-15-13-24-19(14-23-15)20(27)22-12-11-16-7-9-18(10-8-16)31(29,30)26-21(28)25-17-5-3-2-4-6-17;1-2-13-3-6-15(20-12-13)9-10-24-16-7-4-14(5-8-16)11-17-18(22)21-19(23)25-17;1-9(2)4(7)8-3(5)6;/h7-10,13-14,17H,2-6,11-12H2,1H3,(H,22,27)(H2,25,26,28);3-8,12,17H,2,9-11H2,1H3,(H,21,22,23);1-2H3,(H5,5,6,7,8);1H. The van der Waals surface area contributed by atoms with Gasteiger partial charge >= 0.3 is 6.03 Å². The molecule has 3 heterocycles. The molecule has 1 saturated carbocycles. The van der Waals surface area contributed by atoms with E-state index in [1.165, 1.54) is 35.0 Å². The first-order valence-electron chi connectivity index (χ1n) is 21.0. The van der Waals surface area contributed by atoms with E-state index in [-0.39, 0.29) is 63.3 Å². The van der Waals surface area contributed by atoms with Gasteiger partial charge in [0.15, 0.2) is 5.96 Å². The third-order valence-corrected chi connectivity index (χ3v) is 12.1. The number of guanidine groups is 2. The number of aliphatic imine (C=N–C) groups is 1. The van der Waals surface area contributed by atoms with Gasteiger partial charge in [0.25, 0.3) is 21.2 Å². The van der Waals surface area contributed by atoms with Crippen LogP contribution in [0.15, 0.2) is 89.1 Å². The molecular formula is C44H59ClN12O7S2. The molecule has 1 unspecified atom stereocenters. The number of ether oxygens (including phenoxy) is 1. The van der Waals surface area contributed by atoms with Crippen LogP contribution in [-0.2, 0) is 40.5 Å². The molecule has 1 atom stereocenters. The van der Waals surface area contributed by atoms with Gasteiger partial charge in [-0.25, -0.2) is 22.9 Å². The topological polar surface area (TPSA) is 290 Å². The molecule has 6 rings (SSSR count). The summed E-state index contributed by atoms with van der Waals surface area (Å²) in [6, 6.07) is 17.3. The second-order valence-electron chi connectivity index (χ2n) is 15.2. The van der Waals surface area contributed by atoms with E-state index in [0.29, 0.717) is 26.0 Å². The summed E-state index contributed by atoms with van der Waals surface area (Å²) in [5.41, 5.74) is 15.1. The molecule has 2 aliphatic rings. The van der Waals surface area contributed by atoms with Crippen LogP contribution in [0.5, 0.6) is 5.75 Å². The van der Waals surface area contributed by atoms with Gasteiger partial charge in [0.2, 0.25) is 11.9 Å². The summed E-state index contributed by atoms with van der Waals surface area (Å²) in [6.07, 6.45) is 12.6. The normalized spacial score (nSPS) is 14.3. The van der Waals surface area contributed by atoms with E-state index in [1.54, 1.807) is 33.2 Å². The number of nitrogens with two attached hydrogens (primary N) is 2. The lowest BCUT2D eigenvalue weighted by Gasteiger charge is -2.22. The zero-order valence-corrected chi connectivity index (χ0v) is 39.9. The molecule has 66 heavy (non-hydrogen) atoms. The van der Waals surface area contributed by atoms with Crippen molar-refractivity contribution in [2.45, 2.75) is 87.8 Å². The highest BCUT2D eigenvalue weighted by molar-refractivity contribution is 8.15. The van der Waals surface area contributed by atoms with Gasteiger partial charge in [0.1, 0.15) is 11.4 Å².